The predicted octanol–water partition coefficient (Wildman–Crippen LogP) is 2.78. The van der Waals surface area contributed by atoms with Crippen LogP contribution in [0.15, 0.2) is 36.4 Å². The molecule has 0 aromatic heterocycles. The molecule has 2 unspecified atom stereocenters. The molecule has 5 heteroatoms. The van der Waals surface area contributed by atoms with Crippen LogP contribution in [0.2, 0.25) is 0 Å². The third-order valence-electron chi connectivity index (χ3n) is 3.52. The Morgan fingerprint density at radius 3 is 2.91 bits per heavy atom. The van der Waals surface area contributed by atoms with Gasteiger partial charge in [0.05, 0.1) is 17.7 Å². The maximum Gasteiger partial charge on any atom is 0.307 e. The van der Waals surface area contributed by atoms with Crippen molar-refractivity contribution in [1.29, 1.82) is 5.26 Å². The molecule has 0 radical (unpaired) electrons. The van der Waals surface area contributed by atoms with Gasteiger partial charge in [-0.05, 0) is 37.8 Å². The van der Waals surface area contributed by atoms with E-state index in [0.29, 0.717) is 17.7 Å². The van der Waals surface area contributed by atoms with Gasteiger partial charge in [0.15, 0.2) is 6.10 Å². The zero-order valence-corrected chi connectivity index (χ0v) is 12.4. The van der Waals surface area contributed by atoms with E-state index in [9.17, 15) is 9.59 Å². The minimum absolute atomic E-state index is 0.210. The molecule has 0 saturated heterocycles. The van der Waals surface area contributed by atoms with Crippen molar-refractivity contribution in [2.24, 2.45) is 5.92 Å². The first kappa shape index (κ1) is 15.8. The Morgan fingerprint density at radius 1 is 1.45 bits per heavy atom. The molecule has 2 rings (SSSR count). The number of rotatable bonds is 5. The van der Waals surface area contributed by atoms with Crippen LogP contribution in [0.4, 0.5) is 5.69 Å². The van der Waals surface area contributed by atoms with Gasteiger partial charge in [-0.3, -0.25) is 9.59 Å². The van der Waals surface area contributed by atoms with Gasteiger partial charge in [-0.15, -0.1) is 0 Å². The molecule has 2 atom stereocenters. The highest BCUT2D eigenvalue weighted by Crippen LogP contribution is 2.21. The van der Waals surface area contributed by atoms with Crippen LogP contribution in [0, 0.1) is 17.2 Å². The Bertz CT molecular complexity index is 631. The van der Waals surface area contributed by atoms with Crippen LogP contribution < -0.4 is 5.32 Å². The number of para-hydroxylation sites is 1. The van der Waals surface area contributed by atoms with Gasteiger partial charge in [-0.25, -0.2) is 0 Å². The van der Waals surface area contributed by atoms with Gasteiger partial charge in [0.25, 0.3) is 5.91 Å². The number of anilines is 1. The van der Waals surface area contributed by atoms with Gasteiger partial charge in [-0.1, -0.05) is 24.3 Å². The Hall–Kier alpha value is -2.61. The average molecular weight is 298 g/mol. The number of esters is 1. The Balaban J connectivity index is 1.87. The summed E-state index contributed by atoms with van der Waals surface area (Å²) in [6, 6.07) is 8.68. The first-order chi connectivity index (χ1) is 10.6. The van der Waals surface area contributed by atoms with Gasteiger partial charge >= 0.3 is 5.97 Å². The van der Waals surface area contributed by atoms with Crippen LogP contribution in [0.25, 0.3) is 0 Å². The number of benzene rings is 1. The van der Waals surface area contributed by atoms with Crippen molar-refractivity contribution >= 4 is 17.6 Å². The number of hydrogen-bond acceptors (Lipinski definition) is 4. The molecule has 0 fully saturated rings. The summed E-state index contributed by atoms with van der Waals surface area (Å²) < 4.78 is 5.15. The second-order valence-electron chi connectivity index (χ2n) is 5.25. The third kappa shape index (κ3) is 4.19. The third-order valence-corrected chi connectivity index (χ3v) is 3.52. The number of carbonyl (C=O) groups is 2. The molecule has 1 aromatic carbocycles. The second-order valence-corrected chi connectivity index (χ2v) is 5.25. The molecular weight excluding hydrogens is 280 g/mol. The summed E-state index contributed by atoms with van der Waals surface area (Å²) in [6.07, 6.45) is 5.39. The van der Waals surface area contributed by atoms with Crippen molar-refractivity contribution in [3.63, 3.8) is 0 Å². The molecule has 0 heterocycles. The number of ether oxygens (including phenoxy) is 1. The average Bonchev–Trinajstić information content (AvgIpc) is 3.00. The number of nitrogens with one attached hydrogen (secondary N) is 1. The largest absolute Gasteiger partial charge is 0.453 e. The first-order valence-corrected chi connectivity index (χ1v) is 7.26. The Kier molecular flexibility index (Phi) is 5.31. The van der Waals surface area contributed by atoms with E-state index in [4.69, 9.17) is 10.00 Å². The molecule has 1 aromatic rings. The maximum atomic E-state index is 12.0. The van der Waals surface area contributed by atoms with Crippen molar-refractivity contribution in [3.8, 4) is 6.07 Å². The summed E-state index contributed by atoms with van der Waals surface area (Å²) in [7, 11) is 0. The van der Waals surface area contributed by atoms with Gasteiger partial charge in [0.2, 0.25) is 0 Å². The highest BCUT2D eigenvalue weighted by Gasteiger charge is 2.21. The topological polar surface area (TPSA) is 79.2 Å². The van der Waals surface area contributed by atoms with E-state index in [1.54, 1.807) is 24.3 Å². The fourth-order valence-corrected chi connectivity index (χ4v) is 2.30. The van der Waals surface area contributed by atoms with Gasteiger partial charge in [0, 0.05) is 0 Å². The number of nitriles is 1. The highest BCUT2D eigenvalue weighted by atomic mass is 16.5. The molecule has 5 nitrogen and oxygen atoms in total. The summed E-state index contributed by atoms with van der Waals surface area (Å²) in [5.41, 5.74) is 0.780. The lowest BCUT2D eigenvalue weighted by atomic mass is 10.1. The van der Waals surface area contributed by atoms with Crippen molar-refractivity contribution in [2.45, 2.75) is 32.3 Å². The van der Waals surface area contributed by atoms with Crippen molar-refractivity contribution in [3.05, 3.63) is 42.0 Å². The molecule has 0 bridgehead atoms. The Labute approximate surface area is 129 Å². The van der Waals surface area contributed by atoms with Gasteiger partial charge < -0.3 is 10.1 Å². The van der Waals surface area contributed by atoms with Gasteiger partial charge in [-0.2, -0.15) is 5.26 Å². The molecule has 0 saturated carbocycles. The van der Waals surface area contributed by atoms with E-state index in [-0.39, 0.29) is 11.9 Å². The van der Waals surface area contributed by atoms with Crippen molar-refractivity contribution < 1.29 is 14.3 Å². The summed E-state index contributed by atoms with van der Waals surface area (Å²) in [4.78, 5) is 23.8. The smallest absolute Gasteiger partial charge is 0.307 e. The maximum absolute atomic E-state index is 12.0. The van der Waals surface area contributed by atoms with Crippen LogP contribution in [-0.2, 0) is 14.3 Å². The lowest BCUT2D eigenvalue weighted by Crippen LogP contribution is -2.30. The minimum Gasteiger partial charge on any atom is -0.453 e. The normalized spacial score (nSPS) is 17.5. The van der Waals surface area contributed by atoms with Crippen LogP contribution in [-0.4, -0.2) is 18.0 Å². The quantitative estimate of drug-likeness (QED) is 0.669. The fourth-order valence-electron chi connectivity index (χ4n) is 2.30. The van der Waals surface area contributed by atoms with E-state index in [2.05, 4.69) is 5.32 Å². The molecule has 1 amide bonds. The molecule has 0 spiro atoms. The summed E-state index contributed by atoms with van der Waals surface area (Å²) in [5.74, 6) is -0.618. The van der Waals surface area contributed by atoms with E-state index in [1.807, 2.05) is 18.2 Å². The van der Waals surface area contributed by atoms with E-state index >= 15 is 0 Å². The van der Waals surface area contributed by atoms with Crippen LogP contribution in [0.3, 0.4) is 0 Å². The zero-order valence-electron chi connectivity index (χ0n) is 12.4. The van der Waals surface area contributed by atoms with E-state index in [1.165, 1.54) is 6.92 Å². The van der Waals surface area contributed by atoms with Crippen molar-refractivity contribution in [2.75, 3.05) is 5.32 Å². The Morgan fingerprint density at radius 2 is 2.23 bits per heavy atom. The standard InChI is InChI=1S/C17H18N2O3/c1-12(22-16(20)10-13-6-2-3-7-13)17(21)19-15-9-5-4-8-14(15)11-18/h2,4-6,8-9,12-13H,3,7,10H2,1H3,(H,19,21). The number of hydrogen-bond donors (Lipinski definition) is 1. The molecular formula is C17H18N2O3. The van der Waals surface area contributed by atoms with Crippen LogP contribution >= 0.6 is 0 Å². The predicted molar refractivity (Wildman–Crippen MR) is 81.8 cm³/mol. The molecule has 1 aliphatic carbocycles. The van der Waals surface area contributed by atoms with Crippen LogP contribution in [0.1, 0.15) is 31.7 Å². The lowest BCUT2D eigenvalue weighted by Gasteiger charge is -2.15. The van der Waals surface area contributed by atoms with E-state index in [0.717, 1.165) is 12.8 Å². The summed E-state index contributed by atoms with van der Waals surface area (Å²) in [5, 5.41) is 11.6. The minimum atomic E-state index is -0.898. The number of allylic oxidation sites excluding steroid dienone is 2. The number of carbonyl (C=O) groups excluding carboxylic acids is 2. The second kappa shape index (κ2) is 7.41. The molecule has 1 aliphatic rings. The number of amides is 1. The summed E-state index contributed by atoms with van der Waals surface area (Å²) in [6.45, 7) is 1.52. The highest BCUT2D eigenvalue weighted by molar-refractivity contribution is 5.96. The molecule has 0 aliphatic heterocycles. The van der Waals surface area contributed by atoms with Crippen molar-refractivity contribution in [1.82, 2.24) is 0 Å². The lowest BCUT2D eigenvalue weighted by molar-refractivity contribution is -0.153. The SMILES string of the molecule is CC(OC(=O)CC1C=CCC1)C(=O)Nc1ccccc1C#N. The van der Waals surface area contributed by atoms with E-state index < -0.39 is 12.0 Å². The van der Waals surface area contributed by atoms with Gasteiger partial charge in [0.1, 0.15) is 6.07 Å². The fraction of sp³-hybridized carbons (Fsp3) is 0.353. The zero-order chi connectivity index (χ0) is 15.9. The molecule has 114 valence electrons. The van der Waals surface area contributed by atoms with Crippen LogP contribution in [0.5, 0.6) is 0 Å². The number of nitrogens with zero attached hydrogens (tertiary/aromatic N) is 1. The molecule has 22 heavy (non-hydrogen) atoms. The summed E-state index contributed by atoms with van der Waals surface area (Å²) >= 11 is 0. The first-order valence-electron chi connectivity index (χ1n) is 7.26. The molecule has 1 N–H and O–H groups in total. The monoisotopic (exact) mass is 298 g/mol.